The lowest BCUT2D eigenvalue weighted by Gasteiger charge is -2.27. The topological polar surface area (TPSA) is 27.3 Å². The Bertz CT molecular complexity index is 731. The molecule has 2 aromatic carbocycles. The number of rotatable bonds is 5. The largest absolute Gasteiger partial charge is 0.358 e. The molecule has 1 aliphatic heterocycles. The number of hydrogen-bond acceptors (Lipinski definition) is 2. The monoisotopic (exact) mass is 367 g/mol. The number of aryl methyl sites for hydroxylation is 2. The molecule has 0 aromatic heterocycles. The lowest BCUT2D eigenvalue weighted by Crippen LogP contribution is -2.31. The van der Waals surface area contributed by atoms with Crippen molar-refractivity contribution in [1.82, 2.24) is 10.2 Å². The van der Waals surface area contributed by atoms with E-state index >= 15 is 0 Å². The minimum Gasteiger partial charge on any atom is -0.358 e. The van der Waals surface area contributed by atoms with E-state index in [-0.39, 0.29) is 0 Å². The molecule has 26 heavy (non-hydrogen) atoms. The van der Waals surface area contributed by atoms with E-state index in [1.165, 1.54) is 54.6 Å². The number of benzene rings is 2. The predicted molar refractivity (Wildman–Crippen MR) is 115 cm³/mol. The second-order valence-corrected chi connectivity index (χ2v) is 7.70. The highest BCUT2D eigenvalue weighted by Crippen LogP contribution is 2.17. The molecule has 0 aliphatic carbocycles. The molecule has 3 nitrogen and oxygen atoms in total. The van der Waals surface area contributed by atoms with Crippen LogP contribution in [0.4, 0.5) is 5.69 Å². The predicted octanol–water partition coefficient (Wildman–Crippen LogP) is 4.78. The number of anilines is 1. The Morgan fingerprint density at radius 2 is 1.62 bits per heavy atom. The summed E-state index contributed by atoms with van der Waals surface area (Å²) in [6, 6.07) is 15.1. The molecule has 2 aromatic rings. The third kappa shape index (κ3) is 5.55. The van der Waals surface area contributed by atoms with Gasteiger partial charge in [0.05, 0.1) is 0 Å². The van der Waals surface area contributed by atoms with Crippen LogP contribution < -0.4 is 10.6 Å². The molecule has 2 N–H and O–H groups in total. The van der Waals surface area contributed by atoms with E-state index in [1.807, 2.05) is 0 Å². The van der Waals surface area contributed by atoms with Gasteiger partial charge in [0.15, 0.2) is 5.11 Å². The van der Waals surface area contributed by atoms with Crippen molar-refractivity contribution >= 4 is 23.0 Å². The average molecular weight is 368 g/mol. The number of nitrogens with one attached hydrogen (secondary N) is 2. The second-order valence-electron chi connectivity index (χ2n) is 7.29. The van der Waals surface area contributed by atoms with E-state index < -0.39 is 0 Å². The Balaban J connectivity index is 1.57. The minimum atomic E-state index is 0.669. The Labute approximate surface area is 162 Å². The van der Waals surface area contributed by atoms with Crippen LogP contribution in [0, 0.1) is 13.8 Å². The lowest BCUT2D eigenvalue weighted by atomic mass is 10.0. The molecule has 0 amide bonds. The fourth-order valence-corrected chi connectivity index (χ4v) is 3.83. The molecule has 3 rings (SSSR count). The standard InChI is InChI=1S/C22H29N3S/c1-17-12-18(2)14-21(13-17)24-22(26)23-15-19-8-4-5-9-20(19)16-25-10-6-3-7-11-25/h4-5,8-9,12-14H,3,6-7,10-11,15-16H2,1-2H3,(H2,23,24,26). The van der Waals surface area contributed by atoms with E-state index in [0.717, 1.165) is 18.8 Å². The summed E-state index contributed by atoms with van der Waals surface area (Å²) in [6.45, 7) is 8.43. The van der Waals surface area contributed by atoms with Crippen molar-refractivity contribution in [1.29, 1.82) is 0 Å². The summed E-state index contributed by atoms with van der Waals surface area (Å²) >= 11 is 5.49. The zero-order chi connectivity index (χ0) is 18.4. The van der Waals surface area contributed by atoms with E-state index in [1.54, 1.807) is 0 Å². The molecule has 138 valence electrons. The fraction of sp³-hybridized carbons (Fsp3) is 0.409. The third-order valence-corrected chi connectivity index (χ3v) is 5.13. The Morgan fingerprint density at radius 3 is 2.31 bits per heavy atom. The van der Waals surface area contributed by atoms with Crippen molar-refractivity contribution in [3.05, 3.63) is 64.7 Å². The maximum atomic E-state index is 5.49. The van der Waals surface area contributed by atoms with E-state index in [0.29, 0.717) is 5.11 Å². The zero-order valence-corrected chi connectivity index (χ0v) is 16.7. The van der Waals surface area contributed by atoms with Gasteiger partial charge in [-0.1, -0.05) is 36.8 Å². The summed E-state index contributed by atoms with van der Waals surface area (Å²) in [5, 5.41) is 7.34. The van der Waals surface area contributed by atoms with Crippen LogP contribution in [0.3, 0.4) is 0 Å². The van der Waals surface area contributed by atoms with Crippen molar-refractivity contribution in [3.63, 3.8) is 0 Å². The second kappa shape index (κ2) is 9.15. The molecule has 4 heteroatoms. The van der Waals surface area contributed by atoms with Gasteiger partial charge < -0.3 is 10.6 Å². The summed E-state index contributed by atoms with van der Waals surface area (Å²) in [5.41, 5.74) is 6.24. The molecule has 0 saturated carbocycles. The van der Waals surface area contributed by atoms with Crippen LogP contribution in [0.25, 0.3) is 0 Å². The van der Waals surface area contributed by atoms with Crippen LogP contribution in [0.5, 0.6) is 0 Å². The fourth-order valence-electron chi connectivity index (χ4n) is 3.64. The van der Waals surface area contributed by atoms with Crippen LogP contribution in [-0.4, -0.2) is 23.1 Å². The van der Waals surface area contributed by atoms with Crippen molar-refractivity contribution in [2.45, 2.75) is 46.2 Å². The summed E-state index contributed by atoms with van der Waals surface area (Å²) in [5.74, 6) is 0. The molecular formula is C22H29N3S. The molecule has 1 fully saturated rings. The van der Waals surface area contributed by atoms with E-state index in [4.69, 9.17) is 12.2 Å². The maximum Gasteiger partial charge on any atom is 0.171 e. The Hall–Kier alpha value is -1.91. The normalized spacial score (nSPS) is 14.8. The number of likely N-dealkylation sites (tertiary alicyclic amines) is 1. The van der Waals surface area contributed by atoms with Gasteiger partial charge >= 0.3 is 0 Å². The number of hydrogen-bond donors (Lipinski definition) is 2. The van der Waals surface area contributed by atoms with Crippen molar-refractivity contribution in [2.24, 2.45) is 0 Å². The first-order chi connectivity index (χ1) is 12.6. The lowest BCUT2D eigenvalue weighted by molar-refractivity contribution is 0.220. The number of piperidine rings is 1. The first-order valence-corrected chi connectivity index (χ1v) is 9.93. The van der Waals surface area contributed by atoms with Gasteiger partial charge in [0, 0.05) is 18.8 Å². The number of thiocarbonyl (C=S) groups is 1. The highest BCUT2D eigenvalue weighted by molar-refractivity contribution is 7.80. The van der Waals surface area contributed by atoms with Gasteiger partial charge in [0.25, 0.3) is 0 Å². The average Bonchev–Trinajstić information content (AvgIpc) is 2.61. The first-order valence-electron chi connectivity index (χ1n) is 9.52. The first kappa shape index (κ1) is 18.9. The van der Waals surface area contributed by atoms with Crippen LogP contribution in [0.2, 0.25) is 0 Å². The summed E-state index contributed by atoms with van der Waals surface area (Å²) in [4.78, 5) is 2.56. The SMILES string of the molecule is Cc1cc(C)cc(NC(=S)NCc2ccccc2CN2CCCCC2)c1. The van der Waals surface area contributed by atoms with Gasteiger partial charge in [-0.2, -0.15) is 0 Å². The van der Waals surface area contributed by atoms with Crippen molar-refractivity contribution in [2.75, 3.05) is 18.4 Å². The number of nitrogens with zero attached hydrogens (tertiary/aromatic N) is 1. The van der Waals surface area contributed by atoms with Crippen LogP contribution in [0.15, 0.2) is 42.5 Å². The molecule has 1 saturated heterocycles. The van der Waals surface area contributed by atoms with E-state index in [9.17, 15) is 0 Å². The van der Waals surface area contributed by atoms with Crippen molar-refractivity contribution in [3.8, 4) is 0 Å². The van der Waals surface area contributed by atoms with Gasteiger partial charge in [0.2, 0.25) is 0 Å². The minimum absolute atomic E-state index is 0.669. The highest BCUT2D eigenvalue weighted by Gasteiger charge is 2.12. The molecule has 0 unspecified atom stereocenters. The van der Waals surface area contributed by atoms with Crippen LogP contribution in [-0.2, 0) is 13.1 Å². The Morgan fingerprint density at radius 1 is 0.962 bits per heavy atom. The maximum absolute atomic E-state index is 5.49. The molecule has 1 heterocycles. The molecule has 0 atom stereocenters. The molecular weight excluding hydrogens is 338 g/mol. The van der Waals surface area contributed by atoms with Crippen LogP contribution in [0.1, 0.15) is 41.5 Å². The smallest absolute Gasteiger partial charge is 0.171 e. The Kier molecular flexibility index (Phi) is 6.64. The van der Waals surface area contributed by atoms with Gasteiger partial charge in [-0.05, 0) is 86.4 Å². The van der Waals surface area contributed by atoms with Crippen LogP contribution >= 0.6 is 12.2 Å². The molecule has 1 aliphatic rings. The van der Waals surface area contributed by atoms with Gasteiger partial charge in [-0.25, -0.2) is 0 Å². The molecule has 0 spiro atoms. The third-order valence-electron chi connectivity index (χ3n) is 4.88. The van der Waals surface area contributed by atoms with Crippen molar-refractivity contribution < 1.29 is 0 Å². The summed E-state index contributed by atoms with van der Waals surface area (Å²) < 4.78 is 0. The van der Waals surface area contributed by atoms with Gasteiger partial charge in [0.1, 0.15) is 0 Å². The van der Waals surface area contributed by atoms with Gasteiger partial charge in [-0.15, -0.1) is 0 Å². The zero-order valence-electron chi connectivity index (χ0n) is 15.8. The molecule has 0 bridgehead atoms. The highest BCUT2D eigenvalue weighted by atomic mass is 32.1. The molecule has 0 radical (unpaired) electrons. The summed E-state index contributed by atoms with van der Waals surface area (Å²) in [7, 11) is 0. The van der Waals surface area contributed by atoms with E-state index in [2.05, 4.69) is 71.8 Å². The quantitative estimate of drug-likeness (QED) is 0.744. The van der Waals surface area contributed by atoms with Gasteiger partial charge in [-0.3, -0.25) is 4.90 Å². The summed E-state index contributed by atoms with van der Waals surface area (Å²) in [6.07, 6.45) is 4.02.